The van der Waals surface area contributed by atoms with E-state index < -0.39 is 0 Å². The van der Waals surface area contributed by atoms with Crippen LogP contribution in [0.1, 0.15) is 13.3 Å². The van der Waals surface area contributed by atoms with E-state index in [0.29, 0.717) is 5.69 Å². The molecule has 0 aliphatic carbocycles. The lowest BCUT2D eigenvalue weighted by atomic mass is 10.2. The summed E-state index contributed by atoms with van der Waals surface area (Å²) in [6.07, 6.45) is 0.964. The van der Waals surface area contributed by atoms with Crippen LogP contribution in [0.25, 0.3) is 0 Å². The van der Waals surface area contributed by atoms with E-state index in [2.05, 4.69) is 11.7 Å². The first-order valence-corrected chi connectivity index (χ1v) is 5.34. The molecule has 1 aromatic carbocycles. The number of carbonyl (C=O) groups excluding carboxylic acids is 1. The number of nitrogens with zero attached hydrogens (tertiary/aromatic N) is 1. The Morgan fingerprint density at radius 2 is 2.25 bits per heavy atom. The van der Waals surface area contributed by atoms with E-state index in [1.54, 1.807) is 0 Å². The second-order valence-corrected chi connectivity index (χ2v) is 3.59. The van der Waals surface area contributed by atoms with Crippen molar-refractivity contribution in [3.05, 3.63) is 24.3 Å². The molecule has 0 unspecified atom stereocenters. The molecule has 0 radical (unpaired) electrons. The molecule has 0 saturated carbocycles. The van der Waals surface area contributed by atoms with Gasteiger partial charge in [0.05, 0.1) is 7.11 Å². The second kappa shape index (κ2) is 6.00. The number of anilines is 2. The molecule has 88 valence electrons. The number of nitrogen functional groups attached to an aromatic ring is 1. The van der Waals surface area contributed by atoms with Crippen molar-refractivity contribution < 1.29 is 9.53 Å². The highest BCUT2D eigenvalue weighted by molar-refractivity contribution is 5.76. The van der Waals surface area contributed by atoms with Crippen molar-refractivity contribution in [2.45, 2.75) is 13.3 Å². The van der Waals surface area contributed by atoms with Crippen LogP contribution in [0.5, 0.6) is 0 Å². The number of methoxy groups -OCH3 is 1. The van der Waals surface area contributed by atoms with Gasteiger partial charge in [0, 0.05) is 17.9 Å². The molecule has 0 amide bonds. The summed E-state index contributed by atoms with van der Waals surface area (Å²) in [5, 5.41) is 0. The van der Waals surface area contributed by atoms with Gasteiger partial charge in [0.2, 0.25) is 0 Å². The Labute approximate surface area is 96.0 Å². The molecule has 4 heteroatoms. The summed E-state index contributed by atoms with van der Waals surface area (Å²) >= 11 is 0. The highest BCUT2D eigenvalue weighted by atomic mass is 16.5. The summed E-state index contributed by atoms with van der Waals surface area (Å²) in [6, 6.07) is 7.50. The van der Waals surface area contributed by atoms with Crippen molar-refractivity contribution in [1.29, 1.82) is 0 Å². The lowest BCUT2D eigenvalue weighted by Gasteiger charge is -2.23. The monoisotopic (exact) mass is 222 g/mol. The van der Waals surface area contributed by atoms with Crippen LogP contribution in [0.2, 0.25) is 0 Å². The number of ether oxygens (including phenoxy) is 1. The van der Waals surface area contributed by atoms with E-state index in [1.165, 1.54) is 7.11 Å². The summed E-state index contributed by atoms with van der Waals surface area (Å²) in [6.45, 7) is 3.13. The molecule has 2 N–H and O–H groups in total. The number of nitrogens with two attached hydrogens (primary N) is 1. The lowest BCUT2D eigenvalue weighted by molar-refractivity contribution is -0.138. The third kappa shape index (κ3) is 3.46. The van der Waals surface area contributed by atoms with Gasteiger partial charge in [-0.25, -0.2) is 0 Å². The minimum absolute atomic E-state index is 0.240. The summed E-state index contributed by atoms with van der Waals surface area (Å²) in [7, 11) is 1.39. The van der Waals surface area contributed by atoms with Gasteiger partial charge in [-0.15, -0.1) is 0 Å². The van der Waals surface area contributed by atoms with Gasteiger partial charge in [0.25, 0.3) is 0 Å². The Balaban J connectivity index is 2.80. The molecular formula is C12H18N2O2. The van der Waals surface area contributed by atoms with Crippen LogP contribution in [0.3, 0.4) is 0 Å². The fourth-order valence-corrected chi connectivity index (χ4v) is 1.51. The maximum atomic E-state index is 11.3. The van der Waals surface area contributed by atoms with Gasteiger partial charge < -0.3 is 15.4 Å². The molecule has 0 aliphatic heterocycles. The van der Waals surface area contributed by atoms with E-state index >= 15 is 0 Å². The van der Waals surface area contributed by atoms with Crippen molar-refractivity contribution in [1.82, 2.24) is 0 Å². The SMILES string of the molecule is CCCN(CC(=O)OC)c1cccc(N)c1. The van der Waals surface area contributed by atoms with Gasteiger partial charge >= 0.3 is 5.97 Å². The number of benzene rings is 1. The predicted molar refractivity (Wildman–Crippen MR) is 65.4 cm³/mol. The highest BCUT2D eigenvalue weighted by Gasteiger charge is 2.10. The standard InChI is InChI=1S/C12H18N2O2/c1-3-7-14(9-12(15)16-2)11-6-4-5-10(13)8-11/h4-6,8H,3,7,9,13H2,1-2H3. The van der Waals surface area contributed by atoms with E-state index in [1.807, 2.05) is 29.2 Å². The average molecular weight is 222 g/mol. The van der Waals surface area contributed by atoms with Gasteiger partial charge in [0.15, 0.2) is 0 Å². The van der Waals surface area contributed by atoms with Crippen LogP contribution >= 0.6 is 0 Å². The first kappa shape index (κ1) is 12.4. The normalized spacial score (nSPS) is 9.88. The molecule has 0 aliphatic rings. The zero-order valence-corrected chi connectivity index (χ0v) is 9.77. The summed E-state index contributed by atoms with van der Waals surface area (Å²) < 4.78 is 4.67. The zero-order valence-electron chi connectivity index (χ0n) is 9.77. The molecule has 0 bridgehead atoms. The second-order valence-electron chi connectivity index (χ2n) is 3.59. The van der Waals surface area contributed by atoms with Crippen molar-refractivity contribution in [3.8, 4) is 0 Å². The van der Waals surface area contributed by atoms with Gasteiger partial charge in [-0.1, -0.05) is 13.0 Å². The summed E-state index contributed by atoms with van der Waals surface area (Å²) in [4.78, 5) is 13.2. The summed E-state index contributed by atoms with van der Waals surface area (Å²) in [5.41, 5.74) is 7.36. The molecule has 0 fully saturated rings. The first-order chi connectivity index (χ1) is 7.67. The Morgan fingerprint density at radius 1 is 1.50 bits per heavy atom. The van der Waals surface area contributed by atoms with Gasteiger partial charge in [0.1, 0.15) is 6.54 Å². The fraction of sp³-hybridized carbons (Fsp3) is 0.417. The minimum atomic E-state index is -0.240. The predicted octanol–water partition coefficient (Wildman–Crippen LogP) is 1.66. The quantitative estimate of drug-likeness (QED) is 0.608. The van der Waals surface area contributed by atoms with E-state index in [4.69, 9.17) is 5.73 Å². The highest BCUT2D eigenvalue weighted by Crippen LogP contribution is 2.17. The van der Waals surface area contributed by atoms with Gasteiger partial charge in [-0.05, 0) is 24.6 Å². The number of carbonyl (C=O) groups is 1. The molecule has 0 heterocycles. The number of esters is 1. The summed E-state index contributed by atoms with van der Waals surface area (Å²) in [5.74, 6) is -0.240. The maximum Gasteiger partial charge on any atom is 0.325 e. The fourth-order valence-electron chi connectivity index (χ4n) is 1.51. The van der Waals surface area contributed by atoms with Crippen molar-refractivity contribution in [2.24, 2.45) is 0 Å². The first-order valence-electron chi connectivity index (χ1n) is 5.34. The molecular weight excluding hydrogens is 204 g/mol. The van der Waals surface area contributed by atoms with E-state index in [0.717, 1.165) is 18.7 Å². The Morgan fingerprint density at radius 3 is 2.81 bits per heavy atom. The van der Waals surface area contributed by atoms with Gasteiger partial charge in [-0.2, -0.15) is 0 Å². The lowest BCUT2D eigenvalue weighted by Crippen LogP contribution is -2.31. The molecule has 4 nitrogen and oxygen atoms in total. The third-order valence-electron chi connectivity index (χ3n) is 2.28. The van der Waals surface area contributed by atoms with Crippen LogP contribution in [0, 0.1) is 0 Å². The number of hydrogen-bond acceptors (Lipinski definition) is 4. The average Bonchev–Trinajstić information content (AvgIpc) is 2.28. The van der Waals surface area contributed by atoms with Crippen LogP contribution < -0.4 is 10.6 Å². The molecule has 0 atom stereocenters. The largest absolute Gasteiger partial charge is 0.468 e. The number of rotatable bonds is 5. The Hall–Kier alpha value is -1.71. The molecule has 16 heavy (non-hydrogen) atoms. The van der Waals surface area contributed by atoms with Crippen LogP contribution in [-0.4, -0.2) is 26.2 Å². The van der Waals surface area contributed by atoms with Crippen molar-refractivity contribution in [3.63, 3.8) is 0 Å². The minimum Gasteiger partial charge on any atom is -0.468 e. The van der Waals surface area contributed by atoms with Crippen LogP contribution in [0.15, 0.2) is 24.3 Å². The topological polar surface area (TPSA) is 55.6 Å². The zero-order chi connectivity index (χ0) is 12.0. The van der Waals surface area contributed by atoms with E-state index in [-0.39, 0.29) is 12.5 Å². The molecule has 0 aromatic heterocycles. The molecule has 1 rings (SSSR count). The van der Waals surface area contributed by atoms with Crippen LogP contribution in [-0.2, 0) is 9.53 Å². The van der Waals surface area contributed by atoms with Crippen LogP contribution in [0.4, 0.5) is 11.4 Å². The Kier molecular flexibility index (Phi) is 4.64. The van der Waals surface area contributed by atoms with Crippen molar-refractivity contribution in [2.75, 3.05) is 30.8 Å². The molecule has 1 aromatic rings. The molecule has 0 saturated heterocycles. The third-order valence-corrected chi connectivity index (χ3v) is 2.28. The Bertz CT molecular complexity index is 353. The smallest absolute Gasteiger partial charge is 0.325 e. The molecule has 0 spiro atoms. The maximum absolute atomic E-state index is 11.3. The van der Waals surface area contributed by atoms with E-state index in [9.17, 15) is 4.79 Å². The number of hydrogen-bond donors (Lipinski definition) is 1. The van der Waals surface area contributed by atoms with Gasteiger partial charge in [-0.3, -0.25) is 4.79 Å². The van der Waals surface area contributed by atoms with Crippen molar-refractivity contribution >= 4 is 17.3 Å².